The number of anilines is 1. The minimum Gasteiger partial charge on any atom is -0.486 e. The molecule has 0 fully saturated rings. The summed E-state index contributed by atoms with van der Waals surface area (Å²) < 4.78 is 23.6. The van der Waals surface area contributed by atoms with E-state index in [2.05, 4.69) is 10.5 Å². The van der Waals surface area contributed by atoms with Crippen molar-refractivity contribution >= 4 is 11.4 Å². The molecule has 0 aliphatic heterocycles. The smallest absolute Gasteiger partial charge is 0.237 e. The largest absolute Gasteiger partial charge is 0.486 e. The Morgan fingerprint density at radius 2 is 2.11 bits per heavy atom. The summed E-state index contributed by atoms with van der Waals surface area (Å²) >= 11 is 0. The molecule has 0 aliphatic rings. The van der Waals surface area contributed by atoms with Gasteiger partial charge in [-0.15, -0.1) is 0 Å². The predicted molar refractivity (Wildman–Crippen MR) is 66.1 cm³/mol. The van der Waals surface area contributed by atoms with Crippen LogP contribution in [0, 0.1) is 28.5 Å². The highest BCUT2D eigenvalue weighted by atomic mass is 19.1. The van der Waals surface area contributed by atoms with Gasteiger partial charge in [0, 0.05) is 7.11 Å². The monoisotopic (exact) mass is 262 g/mol. The van der Waals surface area contributed by atoms with Crippen LogP contribution in [-0.4, -0.2) is 26.0 Å². The maximum Gasteiger partial charge on any atom is 0.237 e. The minimum absolute atomic E-state index is 0.0430. The molecule has 0 aliphatic carbocycles. The van der Waals surface area contributed by atoms with E-state index in [1.807, 2.05) is 0 Å². The zero-order chi connectivity index (χ0) is 14.1. The van der Waals surface area contributed by atoms with Gasteiger partial charge in [0.2, 0.25) is 5.71 Å². The Kier molecular flexibility index (Phi) is 5.80. The lowest BCUT2D eigenvalue weighted by Crippen LogP contribution is -2.07. The normalized spacial score (nSPS) is 9.05. The molecule has 0 saturated heterocycles. The first-order valence-electron chi connectivity index (χ1n) is 5.27. The van der Waals surface area contributed by atoms with Gasteiger partial charge in [-0.25, -0.2) is 4.39 Å². The van der Waals surface area contributed by atoms with E-state index in [1.165, 1.54) is 25.3 Å². The lowest BCUT2D eigenvalue weighted by Gasteiger charge is -2.11. The predicted octanol–water partition coefficient (Wildman–Crippen LogP) is 1.67. The van der Waals surface area contributed by atoms with Crippen molar-refractivity contribution in [2.75, 3.05) is 25.7 Å². The van der Waals surface area contributed by atoms with Crippen molar-refractivity contribution in [2.24, 2.45) is 5.10 Å². The van der Waals surface area contributed by atoms with Crippen molar-refractivity contribution in [2.45, 2.75) is 0 Å². The van der Waals surface area contributed by atoms with E-state index in [9.17, 15) is 4.39 Å². The molecule has 0 atom stereocenters. The number of hydrogen-bond acceptors (Lipinski definition) is 6. The van der Waals surface area contributed by atoms with Gasteiger partial charge in [-0.05, 0) is 12.1 Å². The van der Waals surface area contributed by atoms with E-state index in [-0.39, 0.29) is 23.8 Å². The highest BCUT2D eigenvalue weighted by molar-refractivity contribution is 6.10. The molecule has 0 aromatic heterocycles. The second-order valence-corrected chi connectivity index (χ2v) is 3.25. The van der Waals surface area contributed by atoms with E-state index in [4.69, 9.17) is 20.0 Å². The summed E-state index contributed by atoms with van der Waals surface area (Å²) in [7, 11) is 1.50. The van der Waals surface area contributed by atoms with Gasteiger partial charge in [0.1, 0.15) is 24.4 Å². The standard InChI is InChI=1S/C12H11FN4O2/c1-18-5-6-19-12-10(13)3-2-4-11(12)17-16-9(7-14)8-15/h2-4,17H,5-6H2,1H3. The van der Waals surface area contributed by atoms with Crippen LogP contribution in [0.15, 0.2) is 23.3 Å². The average molecular weight is 262 g/mol. The molecule has 1 aromatic rings. The minimum atomic E-state index is -0.577. The maximum absolute atomic E-state index is 13.6. The van der Waals surface area contributed by atoms with Gasteiger partial charge in [0.15, 0.2) is 11.6 Å². The number of nitriles is 2. The first-order chi connectivity index (χ1) is 9.22. The molecule has 0 amide bonds. The number of para-hydroxylation sites is 1. The van der Waals surface area contributed by atoms with Crippen LogP contribution in [-0.2, 0) is 4.74 Å². The van der Waals surface area contributed by atoms with E-state index in [0.717, 1.165) is 0 Å². The highest BCUT2D eigenvalue weighted by Gasteiger charge is 2.09. The number of halogens is 1. The summed E-state index contributed by atoms with van der Waals surface area (Å²) in [5, 5.41) is 20.6. The Labute approximate surface area is 109 Å². The molecule has 6 nitrogen and oxygen atoms in total. The number of benzene rings is 1. The molecule has 0 heterocycles. The molecule has 1 N–H and O–H groups in total. The van der Waals surface area contributed by atoms with Crippen LogP contribution < -0.4 is 10.2 Å². The summed E-state index contributed by atoms with van der Waals surface area (Å²) in [5.41, 5.74) is 2.27. The molecule has 7 heteroatoms. The molecule has 1 rings (SSSR count). The fraction of sp³-hybridized carbons (Fsp3) is 0.250. The Morgan fingerprint density at radius 1 is 1.37 bits per heavy atom. The lowest BCUT2D eigenvalue weighted by atomic mass is 10.3. The van der Waals surface area contributed by atoms with Crippen LogP contribution in [0.2, 0.25) is 0 Å². The van der Waals surface area contributed by atoms with Crippen LogP contribution in [0.5, 0.6) is 5.75 Å². The number of methoxy groups -OCH3 is 1. The first-order valence-corrected chi connectivity index (χ1v) is 5.27. The van der Waals surface area contributed by atoms with Gasteiger partial charge in [-0.3, -0.25) is 5.43 Å². The topological polar surface area (TPSA) is 90.4 Å². The van der Waals surface area contributed by atoms with Crippen LogP contribution in [0.1, 0.15) is 0 Å². The molecule has 19 heavy (non-hydrogen) atoms. The fourth-order valence-corrected chi connectivity index (χ4v) is 1.16. The van der Waals surface area contributed by atoms with Crippen molar-refractivity contribution in [1.82, 2.24) is 0 Å². The van der Waals surface area contributed by atoms with Crippen molar-refractivity contribution in [3.05, 3.63) is 24.0 Å². The van der Waals surface area contributed by atoms with Crippen LogP contribution in [0.3, 0.4) is 0 Å². The fourth-order valence-electron chi connectivity index (χ4n) is 1.16. The molecular formula is C12H11FN4O2. The Morgan fingerprint density at radius 3 is 2.74 bits per heavy atom. The van der Waals surface area contributed by atoms with Gasteiger partial charge in [0.25, 0.3) is 0 Å². The molecule has 0 saturated carbocycles. The molecule has 0 unspecified atom stereocenters. The second-order valence-electron chi connectivity index (χ2n) is 3.25. The third kappa shape index (κ3) is 4.26. The highest BCUT2D eigenvalue weighted by Crippen LogP contribution is 2.27. The third-order valence-corrected chi connectivity index (χ3v) is 2.00. The number of hydrazone groups is 1. The van der Waals surface area contributed by atoms with Crippen LogP contribution >= 0.6 is 0 Å². The van der Waals surface area contributed by atoms with Crippen molar-refractivity contribution in [3.63, 3.8) is 0 Å². The van der Waals surface area contributed by atoms with Gasteiger partial charge < -0.3 is 9.47 Å². The molecular weight excluding hydrogens is 251 g/mol. The van der Waals surface area contributed by atoms with E-state index in [0.29, 0.717) is 6.61 Å². The van der Waals surface area contributed by atoms with E-state index in [1.54, 1.807) is 12.1 Å². The zero-order valence-electron chi connectivity index (χ0n) is 10.2. The first kappa shape index (κ1) is 14.4. The molecule has 0 bridgehead atoms. The number of hydrogen-bond donors (Lipinski definition) is 1. The average Bonchev–Trinajstić information content (AvgIpc) is 2.42. The van der Waals surface area contributed by atoms with E-state index >= 15 is 0 Å². The maximum atomic E-state index is 13.6. The van der Waals surface area contributed by atoms with Gasteiger partial charge >= 0.3 is 0 Å². The summed E-state index contributed by atoms with van der Waals surface area (Å²) in [4.78, 5) is 0. The molecule has 0 spiro atoms. The van der Waals surface area contributed by atoms with Crippen molar-refractivity contribution < 1.29 is 13.9 Å². The van der Waals surface area contributed by atoms with Gasteiger partial charge in [-0.2, -0.15) is 15.6 Å². The summed E-state index contributed by atoms with van der Waals surface area (Å²) in [6, 6.07) is 7.36. The Balaban J connectivity index is 2.89. The molecule has 1 aromatic carbocycles. The second kappa shape index (κ2) is 7.64. The van der Waals surface area contributed by atoms with Crippen molar-refractivity contribution in [3.8, 4) is 17.9 Å². The molecule has 98 valence electrons. The SMILES string of the molecule is COCCOc1c(F)cccc1NN=C(C#N)C#N. The summed E-state index contributed by atoms with van der Waals surface area (Å²) in [6.07, 6.45) is 0. The summed E-state index contributed by atoms with van der Waals surface area (Å²) in [6.45, 7) is 0.470. The number of ether oxygens (including phenoxy) is 2. The van der Waals surface area contributed by atoms with Crippen LogP contribution in [0.25, 0.3) is 0 Å². The van der Waals surface area contributed by atoms with Gasteiger partial charge in [0.05, 0.1) is 6.61 Å². The lowest BCUT2D eigenvalue weighted by molar-refractivity contribution is 0.144. The van der Waals surface area contributed by atoms with Crippen molar-refractivity contribution in [1.29, 1.82) is 10.5 Å². The Hall–Kier alpha value is -2.64. The van der Waals surface area contributed by atoms with Gasteiger partial charge in [-0.1, -0.05) is 6.07 Å². The third-order valence-electron chi connectivity index (χ3n) is 2.00. The number of nitrogens with zero attached hydrogens (tertiary/aromatic N) is 3. The number of nitrogens with one attached hydrogen (secondary N) is 1. The quantitative estimate of drug-likeness (QED) is 0.478. The van der Waals surface area contributed by atoms with Crippen LogP contribution in [0.4, 0.5) is 10.1 Å². The zero-order valence-corrected chi connectivity index (χ0v) is 10.2. The Bertz CT molecular complexity index is 530. The van der Waals surface area contributed by atoms with E-state index < -0.39 is 5.82 Å². The number of rotatable bonds is 6. The summed E-state index contributed by atoms with van der Waals surface area (Å²) in [5.74, 6) is -0.620. The molecule has 0 radical (unpaired) electrons.